The summed E-state index contributed by atoms with van der Waals surface area (Å²) in [6, 6.07) is 4.01. The molecule has 1 aromatic rings. The van der Waals surface area contributed by atoms with E-state index in [4.69, 9.17) is 21.1 Å². The molecular formula is C14H17ClFNO3. The Morgan fingerprint density at radius 2 is 2.10 bits per heavy atom. The Morgan fingerprint density at radius 3 is 2.70 bits per heavy atom. The number of ether oxygens (including phenoxy) is 2. The molecule has 0 saturated carbocycles. The second-order valence-corrected chi connectivity index (χ2v) is 5.33. The van der Waals surface area contributed by atoms with Crippen molar-refractivity contribution in [1.82, 2.24) is 4.90 Å². The SMILES string of the molecule is C[C@H]1CN(C(=O)COc2ccc(F)c(Cl)c2)C[C@H](C)O1. The summed E-state index contributed by atoms with van der Waals surface area (Å²) in [6.45, 7) is 4.86. The highest BCUT2D eigenvalue weighted by atomic mass is 35.5. The maximum Gasteiger partial charge on any atom is 0.260 e. The number of carbonyl (C=O) groups is 1. The summed E-state index contributed by atoms with van der Waals surface area (Å²) < 4.78 is 23.9. The van der Waals surface area contributed by atoms with Gasteiger partial charge in [0.05, 0.1) is 17.2 Å². The number of carbonyl (C=O) groups excluding carboxylic acids is 1. The lowest BCUT2D eigenvalue weighted by Crippen LogP contribution is -2.49. The average Bonchev–Trinajstić information content (AvgIpc) is 2.38. The van der Waals surface area contributed by atoms with Crippen molar-refractivity contribution in [1.29, 1.82) is 0 Å². The van der Waals surface area contributed by atoms with Crippen LogP contribution in [0.5, 0.6) is 5.75 Å². The topological polar surface area (TPSA) is 38.8 Å². The first kappa shape index (κ1) is 15.1. The van der Waals surface area contributed by atoms with Crippen molar-refractivity contribution >= 4 is 17.5 Å². The van der Waals surface area contributed by atoms with Crippen LogP contribution in [0.25, 0.3) is 0 Å². The highest BCUT2D eigenvalue weighted by Crippen LogP contribution is 2.21. The number of benzene rings is 1. The molecular weight excluding hydrogens is 285 g/mol. The fraction of sp³-hybridized carbons (Fsp3) is 0.500. The predicted octanol–water partition coefficient (Wildman–Crippen LogP) is 2.49. The lowest BCUT2D eigenvalue weighted by Gasteiger charge is -2.35. The molecule has 20 heavy (non-hydrogen) atoms. The van der Waals surface area contributed by atoms with E-state index in [1.54, 1.807) is 4.90 Å². The lowest BCUT2D eigenvalue weighted by atomic mass is 10.2. The summed E-state index contributed by atoms with van der Waals surface area (Å²) in [7, 11) is 0. The number of amides is 1. The molecule has 0 radical (unpaired) electrons. The Kier molecular flexibility index (Phi) is 4.83. The molecule has 1 aliphatic rings. The molecule has 1 aromatic carbocycles. The number of hydrogen-bond donors (Lipinski definition) is 0. The van der Waals surface area contributed by atoms with E-state index >= 15 is 0 Å². The van der Waals surface area contributed by atoms with Gasteiger partial charge < -0.3 is 14.4 Å². The minimum atomic E-state index is -0.513. The highest BCUT2D eigenvalue weighted by Gasteiger charge is 2.25. The van der Waals surface area contributed by atoms with Crippen LogP contribution in [-0.2, 0) is 9.53 Å². The van der Waals surface area contributed by atoms with Gasteiger partial charge in [-0.2, -0.15) is 0 Å². The maximum atomic E-state index is 13.0. The summed E-state index contributed by atoms with van der Waals surface area (Å²) in [5, 5.41) is -0.0245. The van der Waals surface area contributed by atoms with Gasteiger partial charge in [0, 0.05) is 19.2 Å². The minimum absolute atomic E-state index is 0.0166. The third-order valence-electron chi connectivity index (χ3n) is 3.03. The zero-order valence-corrected chi connectivity index (χ0v) is 12.2. The van der Waals surface area contributed by atoms with Crippen molar-refractivity contribution in [3.05, 3.63) is 29.0 Å². The highest BCUT2D eigenvalue weighted by molar-refractivity contribution is 6.30. The number of halogens is 2. The first-order valence-corrected chi connectivity index (χ1v) is 6.84. The van der Waals surface area contributed by atoms with Crippen molar-refractivity contribution in [2.45, 2.75) is 26.1 Å². The molecule has 2 rings (SSSR count). The van der Waals surface area contributed by atoms with Crippen LogP contribution in [-0.4, -0.2) is 42.7 Å². The molecule has 110 valence electrons. The van der Waals surface area contributed by atoms with Gasteiger partial charge in [0.25, 0.3) is 5.91 Å². The Labute approximate surface area is 122 Å². The quantitative estimate of drug-likeness (QED) is 0.861. The molecule has 1 heterocycles. The van der Waals surface area contributed by atoms with Crippen LogP contribution in [0.4, 0.5) is 4.39 Å². The number of nitrogens with zero attached hydrogens (tertiary/aromatic N) is 1. The van der Waals surface area contributed by atoms with Gasteiger partial charge in [0.2, 0.25) is 0 Å². The second-order valence-electron chi connectivity index (χ2n) is 4.92. The van der Waals surface area contributed by atoms with Crippen LogP contribution in [0.3, 0.4) is 0 Å². The van der Waals surface area contributed by atoms with Gasteiger partial charge in [-0.15, -0.1) is 0 Å². The molecule has 4 nitrogen and oxygen atoms in total. The third kappa shape index (κ3) is 3.84. The minimum Gasteiger partial charge on any atom is -0.484 e. The van der Waals surface area contributed by atoms with Crippen LogP contribution >= 0.6 is 11.6 Å². The standard InChI is InChI=1S/C14H17ClFNO3/c1-9-6-17(7-10(2)20-9)14(18)8-19-11-3-4-13(16)12(15)5-11/h3-5,9-10H,6-8H2,1-2H3/t9-,10-/m0/s1. The van der Waals surface area contributed by atoms with Gasteiger partial charge in [-0.05, 0) is 26.0 Å². The van der Waals surface area contributed by atoms with Gasteiger partial charge in [-0.3, -0.25) is 4.79 Å². The van der Waals surface area contributed by atoms with E-state index in [1.807, 2.05) is 13.8 Å². The normalized spacial score (nSPS) is 22.7. The van der Waals surface area contributed by atoms with E-state index in [0.29, 0.717) is 18.8 Å². The Hall–Kier alpha value is -1.33. The number of morpholine rings is 1. The summed E-state index contributed by atoms with van der Waals surface area (Å²) in [5.74, 6) is -0.257. The molecule has 0 unspecified atom stereocenters. The molecule has 1 aliphatic heterocycles. The summed E-state index contributed by atoms with van der Waals surface area (Å²) in [5.41, 5.74) is 0. The van der Waals surface area contributed by atoms with Crippen molar-refractivity contribution < 1.29 is 18.7 Å². The van der Waals surface area contributed by atoms with Crippen molar-refractivity contribution in [3.63, 3.8) is 0 Å². The molecule has 1 fully saturated rings. The molecule has 1 saturated heterocycles. The molecule has 0 aromatic heterocycles. The van der Waals surface area contributed by atoms with Gasteiger partial charge in [0.15, 0.2) is 6.61 Å². The molecule has 1 amide bonds. The van der Waals surface area contributed by atoms with Gasteiger partial charge in [-0.1, -0.05) is 11.6 Å². The van der Waals surface area contributed by atoms with Crippen LogP contribution in [0.15, 0.2) is 18.2 Å². The van der Waals surface area contributed by atoms with E-state index in [9.17, 15) is 9.18 Å². The summed E-state index contributed by atoms with van der Waals surface area (Å²) in [4.78, 5) is 13.8. The summed E-state index contributed by atoms with van der Waals surface area (Å²) >= 11 is 5.65. The first-order chi connectivity index (χ1) is 9.45. The first-order valence-electron chi connectivity index (χ1n) is 6.47. The zero-order valence-electron chi connectivity index (χ0n) is 11.4. The van der Waals surface area contributed by atoms with E-state index in [2.05, 4.69) is 0 Å². The van der Waals surface area contributed by atoms with Crippen LogP contribution < -0.4 is 4.74 Å². The van der Waals surface area contributed by atoms with Gasteiger partial charge in [-0.25, -0.2) is 4.39 Å². The molecule has 0 N–H and O–H groups in total. The Bertz CT molecular complexity index is 487. The van der Waals surface area contributed by atoms with Crippen molar-refractivity contribution in [2.75, 3.05) is 19.7 Å². The Balaban J connectivity index is 1.89. The maximum absolute atomic E-state index is 13.0. The summed E-state index contributed by atoms with van der Waals surface area (Å²) in [6.07, 6.45) is 0.0333. The largest absolute Gasteiger partial charge is 0.484 e. The van der Waals surface area contributed by atoms with Crippen molar-refractivity contribution in [2.24, 2.45) is 0 Å². The number of hydrogen-bond acceptors (Lipinski definition) is 3. The van der Waals surface area contributed by atoms with E-state index in [1.165, 1.54) is 18.2 Å². The van der Waals surface area contributed by atoms with E-state index < -0.39 is 5.82 Å². The lowest BCUT2D eigenvalue weighted by molar-refractivity contribution is -0.145. The fourth-order valence-electron chi connectivity index (χ4n) is 2.18. The van der Waals surface area contributed by atoms with Gasteiger partial charge in [0.1, 0.15) is 11.6 Å². The molecule has 0 aliphatic carbocycles. The van der Waals surface area contributed by atoms with Crippen molar-refractivity contribution in [3.8, 4) is 5.75 Å². The average molecular weight is 302 g/mol. The van der Waals surface area contributed by atoms with E-state index in [0.717, 1.165) is 0 Å². The van der Waals surface area contributed by atoms with Crippen LogP contribution in [0.2, 0.25) is 5.02 Å². The van der Waals surface area contributed by atoms with Gasteiger partial charge >= 0.3 is 0 Å². The third-order valence-corrected chi connectivity index (χ3v) is 3.32. The fourth-order valence-corrected chi connectivity index (χ4v) is 2.36. The molecule has 0 bridgehead atoms. The monoisotopic (exact) mass is 301 g/mol. The molecule has 0 spiro atoms. The smallest absolute Gasteiger partial charge is 0.260 e. The van der Waals surface area contributed by atoms with Crippen LogP contribution in [0, 0.1) is 5.82 Å². The molecule has 2 atom stereocenters. The molecule has 6 heteroatoms. The predicted molar refractivity (Wildman–Crippen MR) is 73.5 cm³/mol. The zero-order chi connectivity index (χ0) is 14.7. The number of rotatable bonds is 3. The van der Waals surface area contributed by atoms with Crippen LogP contribution in [0.1, 0.15) is 13.8 Å². The second kappa shape index (κ2) is 6.41. The van der Waals surface area contributed by atoms with E-state index in [-0.39, 0.29) is 29.7 Å². The Morgan fingerprint density at radius 1 is 1.45 bits per heavy atom.